The van der Waals surface area contributed by atoms with Crippen LogP contribution in [-0.4, -0.2) is 44.9 Å². The van der Waals surface area contributed by atoms with Gasteiger partial charge in [-0.25, -0.2) is 0 Å². The topological polar surface area (TPSA) is 21.7 Å². The monoisotopic (exact) mass is 186 g/mol. The Bertz CT molecular complexity index is 133. The Morgan fingerprint density at radius 1 is 1.31 bits per heavy atom. The highest BCUT2D eigenvalue weighted by molar-refractivity contribution is 4.87. The predicted molar refractivity (Wildman–Crippen MR) is 52.4 cm³/mol. The van der Waals surface area contributed by atoms with Crippen molar-refractivity contribution in [2.24, 2.45) is 0 Å². The molecule has 13 heavy (non-hydrogen) atoms. The average Bonchev–Trinajstić information content (AvgIpc) is 2.18. The highest BCUT2D eigenvalue weighted by atomic mass is 16.5. The van der Waals surface area contributed by atoms with E-state index in [9.17, 15) is 0 Å². The van der Waals surface area contributed by atoms with Crippen molar-refractivity contribution in [3.05, 3.63) is 6.10 Å². The Balaban J connectivity index is 2.23. The summed E-state index contributed by atoms with van der Waals surface area (Å²) in [6, 6.07) is 0.531. The molecule has 1 unspecified atom stereocenters. The molecule has 1 aliphatic rings. The summed E-state index contributed by atoms with van der Waals surface area (Å²) < 4.78 is 10.4. The molecule has 3 nitrogen and oxygen atoms in total. The molecule has 0 aromatic carbocycles. The van der Waals surface area contributed by atoms with Crippen molar-refractivity contribution in [1.82, 2.24) is 4.90 Å². The maximum Gasteiger partial charge on any atom is 0.0992 e. The van der Waals surface area contributed by atoms with Gasteiger partial charge in [0.1, 0.15) is 0 Å². The van der Waals surface area contributed by atoms with E-state index in [1.807, 2.05) is 0 Å². The van der Waals surface area contributed by atoms with Gasteiger partial charge in [-0.05, 0) is 19.8 Å². The van der Waals surface area contributed by atoms with E-state index in [2.05, 4.69) is 11.8 Å². The van der Waals surface area contributed by atoms with E-state index in [1.165, 1.54) is 6.10 Å². The first-order valence-electron chi connectivity index (χ1n) is 4.89. The predicted octanol–water partition coefficient (Wildman–Crippen LogP) is 1.30. The number of rotatable bonds is 4. The van der Waals surface area contributed by atoms with E-state index in [0.29, 0.717) is 6.04 Å². The zero-order chi connectivity index (χ0) is 9.68. The summed E-state index contributed by atoms with van der Waals surface area (Å²) in [5, 5.41) is 0. The molecular formula is C10H20NO2. The number of hydrogen-bond acceptors (Lipinski definition) is 3. The van der Waals surface area contributed by atoms with Crippen LogP contribution in [-0.2, 0) is 9.47 Å². The molecule has 1 rings (SSSR count). The number of likely N-dealkylation sites (tertiary alicyclic amines) is 1. The normalized spacial score (nSPS) is 23.3. The fourth-order valence-corrected chi connectivity index (χ4v) is 1.76. The van der Waals surface area contributed by atoms with Crippen LogP contribution in [0.5, 0.6) is 0 Å². The van der Waals surface area contributed by atoms with E-state index in [0.717, 1.165) is 32.5 Å². The summed E-state index contributed by atoms with van der Waals surface area (Å²) in [5.41, 5.74) is 0. The first-order valence-corrected chi connectivity index (χ1v) is 4.89. The summed E-state index contributed by atoms with van der Waals surface area (Å²) in [7, 11) is 3.52. The van der Waals surface area contributed by atoms with Gasteiger partial charge < -0.3 is 9.47 Å². The molecule has 0 amide bonds. The van der Waals surface area contributed by atoms with Crippen molar-refractivity contribution in [3.8, 4) is 0 Å². The van der Waals surface area contributed by atoms with Gasteiger partial charge in [-0.2, -0.15) is 0 Å². The highest BCUT2D eigenvalue weighted by Gasteiger charge is 2.22. The van der Waals surface area contributed by atoms with Crippen molar-refractivity contribution < 1.29 is 9.47 Å². The van der Waals surface area contributed by atoms with Gasteiger partial charge in [0.25, 0.3) is 0 Å². The number of methoxy groups -OCH3 is 2. The molecule has 0 aromatic rings. The second-order valence-electron chi connectivity index (χ2n) is 3.58. The van der Waals surface area contributed by atoms with Gasteiger partial charge in [0.15, 0.2) is 0 Å². The fraction of sp³-hybridized carbons (Fsp3) is 0.900. The molecule has 0 aliphatic carbocycles. The van der Waals surface area contributed by atoms with Crippen molar-refractivity contribution >= 4 is 0 Å². The van der Waals surface area contributed by atoms with Gasteiger partial charge in [0, 0.05) is 33.4 Å². The molecule has 1 heterocycles. The van der Waals surface area contributed by atoms with E-state index in [-0.39, 0.29) is 0 Å². The van der Waals surface area contributed by atoms with Gasteiger partial charge in [-0.3, -0.25) is 4.90 Å². The maximum absolute atomic E-state index is 5.24. The lowest BCUT2D eigenvalue weighted by Gasteiger charge is -2.34. The molecule has 0 N–H and O–H groups in total. The number of nitrogens with zero attached hydrogens (tertiary/aromatic N) is 1. The molecule has 1 radical (unpaired) electrons. The van der Waals surface area contributed by atoms with E-state index in [4.69, 9.17) is 9.47 Å². The van der Waals surface area contributed by atoms with Gasteiger partial charge in [0.05, 0.1) is 12.7 Å². The Morgan fingerprint density at radius 3 is 2.38 bits per heavy atom. The lowest BCUT2D eigenvalue weighted by Crippen LogP contribution is -2.41. The lowest BCUT2D eigenvalue weighted by molar-refractivity contribution is 0.0616. The lowest BCUT2D eigenvalue weighted by atomic mass is 10.1. The van der Waals surface area contributed by atoms with E-state index in [1.54, 1.807) is 14.2 Å². The van der Waals surface area contributed by atoms with Crippen molar-refractivity contribution in [1.29, 1.82) is 0 Å². The SMILES string of the molecule is COCC(C)N1CC[C](OC)CC1. The average molecular weight is 186 g/mol. The van der Waals surface area contributed by atoms with Crippen LogP contribution in [0.15, 0.2) is 0 Å². The summed E-state index contributed by atoms with van der Waals surface area (Å²) in [4.78, 5) is 2.45. The van der Waals surface area contributed by atoms with Crippen molar-refractivity contribution in [2.45, 2.75) is 25.8 Å². The Kier molecular flexibility index (Phi) is 4.70. The Morgan fingerprint density at radius 2 is 1.92 bits per heavy atom. The largest absolute Gasteiger partial charge is 0.383 e. The minimum absolute atomic E-state index is 0.531. The summed E-state index contributed by atoms with van der Waals surface area (Å²) in [6.45, 7) is 5.24. The van der Waals surface area contributed by atoms with Crippen LogP contribution in [0.25, 0.3) is 0 Å². The summed E-state index contributed by atoms with van der Waals surface area (Å²) in [6.07, 6.45) is 3.38. The second kappa shape index (κ2) is 5.58. The smallest absolute Gasteiger partial charge is 0.0992 e. The van der Waals surface area contributed by atoms with Crippen LogP contribution in [0.2, 0.25) is 0 Å². The number of hydrogen-bond donors (Lipinski definition) is 0. The summed E-state index contributed by atoms with van der Waals surface area (Å²) in [5.74, 6) is 0. The van der Waals surface area contributed by atoms with Crippen LogP contribution in [0.1, 0.15) is 19.8 Å². The number of piperidine rings is 1. The molecule has 0 spiro atoms. The van der Waals surface area contributed by atoms with Crippen LogP contribution < -0.4 is 0 Å². The number of ether oxygens (including phenoxy) is 2. The van der Waals surface area contributed by atoms with Crippen LogP contribution in [0.4, 0.5) is 0 Å². The molecule has 1 atom stereocenters. The van der Waals surface area contributed by atoms with Gasteiger partial charge in [-0.1, -0.05) is 0 Å². The third kappa shape index (κ3) is 3.25. The first-order chi connectivity index (χ1) is 6.27. The van der Waals surface area contributed by atoms with E-state index < -0.39 is 0 Å². The maximum atomic E-state index is 5.24. The first kappa shape index (κ1) is 11.0. The third-order valence-electron chi connectivity index (χ3n) is 2.68. The van der Waals surface area contributed by atoms with Gasteiger partial charge in [-0.15, -0.1) is 0 Å². The third-order valence-corrected chi connectivity index (χ3v) is 2.68. The minimum atomic E-state index is 0.531. The highest BCUT2D eigenvalue weighted by Crippen LogP contribution is 2.20. The molecule has 3 heteroatoms. The molecule has 0 aromatic heterocycles. The van der Waals surface area contributed by atoms with Crippen molar-refractivity contribution in [2.75, 3.05) is 33.9 Å². The van der Waals surface area contributed by atoms with Gasteiger partial charge >= 0.3 is 0 Å². The molecular weight excluding hydrogens is 166 g/mol. The molecule has 0 saturated carbocycles. The quantitative estimate of drug-likeness (QED) is 0.660. The van der Waals surface area contributed by atoms with Crippen LogP contribution in [0.3, 0.4) is 0 Å². The van der Waals surface area contributed by atoms with Crippen molar-refractivity contribution in [3.63, 3.8) is 0 Å². The molecule has 0 bridgehead atoms. The van der Waals surface area contributed by atoms with Gasteiger partial charge in [0.2, 0.25) is 0 Å². The Hall–Kier alpha value is -0.120. The Labute approximate surface area is 81.0 Å². The van der Waals surface area contributed by atoms with E-state index >= 15 is 0 Å². The fourth-order valence-electron chi connectivity index (χ4n) is 1.76. The zero-order valence-electron chi connectivity index (χ0n) is 8.88. The minimum Gasteiger partial charge on any atom is -0.383 e. The van der Waals surface area contributed by atoms with Crippen LogP contribution >= 0.6 is 0 Å². The van der Waals surface area contributed by atoms with Crippen LogP contribution in [0, 0.1) is 6.10 Å². The molecule has 1 saturated heterocycles. The standard InChI is InChI=1S/C10H20NO2/c1-9(8-12-2)11-6-4-10(13-3)5-7-11/h9H,4-8H2,1-3H3. The zero-order valence-corrected chi connectivity index (χ0v) is 8.88. The molecule has 1 aliphatic heterocycles. The molecule has 1 fully saturated rings. The second-order valence-corrected chi connectivity index (χ2v) is 3.58. The molecule has 77 valence electrons. The summed E-state index contributed by atoms with van der Waals surface area (Å²) >= 11 is 0.